The highest BCUT2D eigenvalue weighted by Gasteiger charge is 2.34. The quantitative estimate of drug-likeness (QED) is 0.898. The van der Waals surface area contributed by atoms with Crippen LogP contribution in [-0.2, 0) is 0 Å². The summed E-state index contributed by atoms with van der Waals surface area (Å²) in [6, 6.07) is 2.04. The van der Waals surface area contributed by atoms with Gasteiger partial charge in [-0.2, -0.15) is 0 Å². The summed E-state index contributed by atoms with van der Waals surface area (Å²) in [5.41, 5.74) is 0.829. The first kappa shape index (κ1) is 13.3. The molecule has 1 saturated heterocycles. The SMILES string of the molecule is Cc1cc(C(=O)O)nc(N2CCC[C@H]3CCCC[C@H]32)n1. The van der Waals surface area contributed by atoms with Crippen molar-refractivity contribution in [1.82, 2.24) is 9.97 Å². The van der Waals surface area contributed by atoms with Crippen molar-refractivity contribution in [2.45, 2.75) is 51.5 Å². The van der Waals surface area contributed by atoms with Crippen LogP contribution in [-0.4, -0.2) is 33.6 Å². The number of carboxylic acid groups (broad SMARTS) is 1. The highest BCUT2D eigenvalue weighted by Crippen LogP contribution is 2.36. The second-order valence-corrected chi connectivity index (χ2v) is 5.95. The van der Waals surface area contributed by atoms with E-state index in [1.807, 2.05) is 6.92 Å². The molecule has 2 fully saturated rings. The third-order valence-electron chi connectivity index (χ3n) is 4.56. The molecule has 0 bridgehead atoms. The van der Waals surface area contributed by atoms with Gasteiger partial charge in [-0.25, -0.2) is 14.8 Å². The molecule has 1 aliphatic heterocycles. The molecule has 0 radical (unpaired) electrons. The molecule has 1 saturated carbocycles. The Morgan fingerprint density at radius 2 is 2.00 bits per heavy atom. The molecule has 5 heteroatoms. The largest absolute Gasteiger partial charge is 0.477 e. The highest BCUT2D eigenvalue weighted by molar-refractivity contribution is 5.85. The van der Waals surface area contributed by atoms with Crippen molar-refractivity contribution in [1.29, 1.82) is 0 Å². The van der Waals surface area contributed by atoms with Crippen molar-refractivity contribution in [3.63, 3.8) is 0 Å². The Balaban J connectivity index is 1.92. The molecule has 0 unspecified atom stereocenters. The number of hydrogen-bond acceptors (Lipinski definition) is 4. The van der Waals surface area contributed by atoms with Gasteiger partial charge in [0.2, 0.25) is 5.95 Å². The zero-order chi connectivity index (χ0) is 14.1. The minimum atomic E-state index is -0.978. The molecular weight excluding hydrogens is 254 g/mol. The monoisotopic (exact) mass is 275 g/mol. The molecule has 1 N–H and O–H groups in total. The third kappa shape index (κ3) is 2.49. The number of rotatable bonds is 2. The van der Waals surface area contributed by atoms with E-state index < -0.39 is 5.97 Å². The fraction of sp³-hybridized carbons (Fsp3) is 0.667. The van der Waals surface area contributed by atoms with Gasteiger partial charge in [0.05, 0.1) is 0 Å². The molecule has 0 amide bonds. The molecule has 3 rings (SSSR count). The molecule has 0 aromatic carbocycles. The van der Waals surface area contributed by atoms with E-state index in [1.54, 1.807) is 0 Å². The molecular formula is C15H21N3O2. The van der Waals surface area contributed by atoms with Crippen molar-refractivity contribution >= 4 is 11.9 Å². The molecule has 1 aliphatic carbocycles. The highest BCUT2D eigenvalue weighted by atomic mass is 16.4. The van der Waals surface area contributed by atoms with Crippen molar-refractivity contribution in [3.8, 4) is 0 Å². The molecule has 2 aliphatic rings. The van der Waals surface area contributed by atoms with Crippen LogP contribution in [0.1, 0.15) is 54.7 Å². The summed E-state index contributed by atoms with van der Waals surface area (Å²) in [7, 11) is 0. The number of anilines is 1. The van der Waals surface area contributed by atoms with Crippen LogP contribution in [0.4, 0.5) is 5.95 Å². The van der Waals surface area contributed by atoms with Gasteiger partial charge in [0.15, 0.2) is 5.69 Å². The van der Waals surface area contributed by atoms with Gasteiger partial charge in [0.1, 0.15) is 0 Å². The van der Waals surface area contributed by atoms with Crippen LogP contribution in [0, 0.1) is 12.8 Å². The summed E-state index contributed by atoms with van der Waals surface area (Å²) >= 11 is 0. The Labute approximate surface area is 119 Å². The lowest BCUT2D eigenvalue weighted by Crippen LogP contribution is -2.47. The molecule has 0 spiro atoms. The average Bonchev–Trinajstić information content (AvgIpc) is 2.46. The number of hydrogen-bond donors (Lipinski definition) is 1. The van der Waals surface area contributed by atoms with E-state index in [2.05, 4.69) is 14.9 Å². The summed E-state index contributed by atoms with van der Waals surface area (Å²) in [4.78, 5) is 22.2. The molecule has 2 atom stereocenters. The molecule has 108 valence electrons. The maximum Gasteiger partial charge on any atom is 0.354 e. The van der Waals surface area contributed by atoms with Gasteiger partial charge in [-0.1, -0.05) is 12.8 Å². The van der Waals surface area contributed by atoms with Crippen LogP contribution >= 0.6 is 0 Å². The Hall–Kier alpha value is -1.65. The van der Waals surface area contributed by atoms with Crippen molar-refractivity contribution in [3.05, 3.63) is 17.5 Å². The normalized spacial score (nSPS) is 26.1. The fourth-order valence-corrected chi connectivity index (χ4v) is 3.66. The predicted octanol–water partition coefficient (Wildman–Crippen LogP) is 2.64. The first-order valence-corrected chi connectivity index (χ1v) is 7.51. The van der Waals surface area contributed by atoms with Gasteiger partial charge in [0, 0.05) is 18.3 Å². The Morgan fingerprint density at radius 3 is 2.80 bits per heavy atom. The van der Waals surface area contributed by atoms with Crippen LogP contribution in [0.2, 0.25) is 0 Å². The van der Waals surface area contributed by atoms with Gasteiger partial charge in [-0.05, 0) is 44.6 Å². The van der Waals surface area contributed by atoms with Crippen LogP contribution in [0.3, 0.4) is 0 Å². The van der Waals surface area contributed by atoms with E-state index in [9.17, 15) is 4.79 Å². The number of carbonyl (C=O) groups is 1. The van der Waals surface area contributed by atoms with Crippen molar-refractivity contribution < 1.29 is 9.90 Å². The van der Waals surface area contributed by atoms with Gasteiger partial charge < -0.3 is 10.0 Å². The number of aryl methyl sites for hydroxylation is 1. The molecule has 1 aromatic rings. The predicted molar refractivity (Wildman–Crippen MR) is 76.1 cm³/mol. The van der Waals surface area contributed by atoms with E-state index in [4.69, 9.17) is 5.11 Å². The standard InChI is InChI=1S/C15H21N3O2/c1-10-9-12(14(19)20)17-15(16-10)18-8-4-6-11-5-2-3-7-13(11)18/h9,11,13H,2-8H2,1H3,(H,19,20)/t11-,13-/m1/s1. The van der Waals surface area contributed by atoms with Crippen LogP contribution < -0.4 is 4.90 Å². The number of aromatic nitrogens is 2. The molecule has 1 aromatic heterocycles. The number of aromatic carboxylic acids is 1. The summed E-state index contributed by atoms with van der Waals surface area (Å²) in [5, 5.41) is 9.16. The lowest BCUT2D eigenvalue weighted by Gasteiger charge is -2.44. The van der Waals surface area contributed by atoms with Gasteiger partial charge in [0.25, 0.3) is 0 Å². The van der Waals surface area contributed by atoms with Gasteiger partial charge >= 0.3 is 5.97 Å². The lowest BCUT2D eigenvalue weighted by molar-refractivity contribution is 0.0690. The minimum absolute atomic E-state index is 0.102. The van der Waals surface area contributed by atoms with Crippen molar-refractivity contribution in [2.24, 2.45) is 5.92 Å². The Morgan fingerprint density at radius 1 is 1.25 bits per heavy atom. The first-order valence-electron chi connectivity index (χ1n) is 7.51. The lowest BCUT2D eigenvalue weighted by atomic mass is 9.78. The van der Waals surface area contributed by atoms with Gasteiger partial charge in [-0.15, -0.1) is 0 Å². The second kappa shape index (κ2) is 5.38. The van der Waals surface area contributed by atoms with E-state index in [0.717, 1.165) is 24.6 Å². The average molecular weight is 275 g/mol. The Bertz CT molecular complexity index is 516. The molecule has 5 nitrogen and oxygen atoms in total. The maximum atomic E-state index is 11.2. The van der Waals surface area contributed by atoms with E-state index >= 15 is 0 Å². The first-order chi connectivity index (χ1) is 9.65. The van der Waals surface area contributed by atoms with E-state index in [-0.39, 0.29) is 5.69 Å². The Kier molecular flexibility index (Phi) is 3.59. The summed E-state index contributed by atoms with van der Waals surface area (Å²) in [5.74, 6) is 0.364. The zero-order valence-electron chi connectivity index (χ0n) is 11.9. The second-order valence-electron chi connectivity index (χ2n) is 5.95. The van der Waals surface area contributed by atoms with E-state index in [1.165, 1.54) is 38.2 Å². The number of fused-ring (bicyclic) bond motifs is 1. The molecule has 2 heterocycles. The number of piperidine rings is 1. The number of nitrogens with zero attached hydrogens (tertiary/aromatic N) is 3. The minimum Gasteiger partial charge on any atom is -0.477 e. The van der Waals surface area contributed by atoms with Crippen LogP contribution in [0.15, 0.2) is 6.07 Å². The van der Waals surface area contributed by atoms with E-state index in [0.29, 0.717) is 12.0 Å². The third-order valence-corrected chi connectivity index (χ3v) is 4.56. The molecule has 20 heavy (non-hydrogen) atoms. The summed E-state index contributed by atoms with van der Waals surface area (Å²) in [6.07, 6.45) is 7.50. The summed E-state index contributed by atoms with van der Waals surface area (Å²) < 4.78 is 0. The smallest absolute Gasteiger partial charge is 0.354 e. The van der Waals surface area contributed by atoms with Crippen molar-refractivity contribution in [2.75, 3.05) is 11.4 Å². The number of carboxylic acids is 1. The van der Waals surface area contributed by atoms with Gasteiger partial charge in [-0.3, -0.25) is 0 Å². The fourth-order valence-electron chi connectivity index (χ4n) is 3.66. The zero-order valence-corrected chi connectivity index (χ0v) is 11.9. The topological polar surface area (TPSA) is 66.3 Å². The summed E-state index contributed by atoms with van der Waals surface area (Å²) in [6.45, 7) is 2.78. The van der Waals surface area contributed by atoms with Crippen LogP contribution in [0.25, 0.3) is 0 Å². The van der Waals surface area contributed by atoms with Crippen LogP contribution in [0.5, 0.6) is 0 Å². The maximum absolute atomic E-state index is 11.2.